The monoisotopic (exact) mass is 154 g/mol. The van der Waals surface area contributed by atoms with Crippen LogP contribution in [0, 0.1) is 11.8 Å². The van der Waals surface area contributed by atoms with Crippen LogP contribution >= 0.6 is 0 Å². The van der Waals surface area contributed by atoms with Gasteiger partial charge in [-0.05, 0) is 24.0 Å². The maximum atomic E-state index is 13.0. The summed E-state index contributed by atoms with van der Waals surface area (Å²) in [5.74, 6) is 0.585. The number of hydrogen-bond donors (Lipinski definition) is 0. The maximum Gasteiger partial charge on any atom is 0.103 e. The van der Waals surface area contributed by atoms with E-state index in [1.54, 1.807) is 6.08 Å². The lowest BCUT2D eigenvalue weighted by Gasteiger charge is -2.16. The van der Waals surface area contributed by atoms with Crippen LogP contribution in [0.3, 0.4) is 0 Å². The zero-order valence-electron chi connectivity index (χ0n) is 7.39. The zero-order valence-corrected chi connectivity index (χ0v) is 7.39. The van der Waals surface area contributed by atoms with Crippen molar-refractivity contribution in [2.45, 2.75) is 27.2 Å². The molecule has 0 aromatic rings. The Hall–Kier alpha value is -0.590. The average molecular weight is 154 g/mol. The van der Waals surface area contributed by atoms with E-state index in [1.807, 2.05) is 6.92 Å². The molecule has 0 fully saturated rings. The van der Waals surface area contributed by atoms with Crippen LogP contribution in [0.1, 0.15) is 27.2 Å². The zero-order chi connectivity index (χ0) is 8.43. The summed E-state index contributed by atoms with van der Waals surface area (Å²) < 4.78 is 13.0. The van der Waals surface area contributed by atoms with Gasteiger partial charge in [-0.25, -0.2) is 4.39 Å². The minimum atomic E-state index is 0.0381. The summed E-state index contributed by atoms with van der Waals surface area (Å²) in [7, 11) is 0. The lowest BCUT2D eigenvalue weighted by Crippen LogP contribution is -2.03. The Bertz CT molecular complexity index is 199. The van der Waals surface area contributed by atoms with Gasteiger partial charge in [-0.2, -0.15) is 0 Å². The van der Waals surface area contributed by atoms with E-state index in [9.17, 15) is 4.39 Å². The van der Waals surface area contributed by atoms with Gasteiger partial charge in [0.1, 0.15) is 5.83 Å². The summed E-state index contributed by atoms with van der Waals surface area (Å²) in [6.07, 6.45) is 4.67. The molecule has 1 rings (SSSR count). The molecule has 1 unspecified atom stereocenters. The maximum absolute atomic E-state index is 13.0. The molecule has 0 nitrogen and oxygen atoms in total. The molecule has 0 saturated heterocycles. The molecule has 0 bridgehead atoms. The molecule has 0 amide bonds. The van der Waals surface area contributed by atoms with Crippen molar-refractivity contribution < 1.29 is 4.39 Å². The fourth-order valence-corrected chi connectivity index (χ4v) is 1.19. The fraction of sp³-hybridized carbons (Fsp3) is 0.600. The highest BCUT2D eigenvalue weighted by Crippen LogP contribution is 2.27. The van der Waals surface area contributed by atoms with Crippen LogP contribution in [-0.2, 0) is 0 Å². The first-order chi connectivity index (χ1) is 5.11. The van der Waals surface area contributed by atoms with Crippen molar-refractivity contribution in [1.29, 1.82) is 0 Å². The topological polar surface area (TPSA) is 0 Å². The summed E-state index contributed by atoms with van der Waals surface area (Å²) in [5, 5.41) is 0. The lowest BCUT2D eigenvalue weighted by molar-refractivity contribution is 0.484. The number of hydrogen-bond acceptors (Lipinski definition) is 0. The van der Waals surface area contributed by atoms with Gasteiger partial charge in [-0.15, -0.1) is 0 Å². The second-order valence-corrected chi connectivity index (χ2v) is 3.52. The number of rotatable bonds is 1. The van der Waals surface area contributed by atoms with Crippen molar-refractivity contribution in [2.75, 3.05) is 0 Å². The highest BCUT2D eigenvalue weighted by molar-refractivity contribution is 5.27. The van der Waals surface area contributed by atoms with Crippen LogP contribution < -0.4 is 0 Å². The predicted molar refractivity (Wildman–Crippen MR) is 45.9 cm³/mol. The number of allylic oxidation sites excluding steroid dienone is 4. The Labute approximate surface area is 67.8 Å². The van der Waals surface area contributed by atoms with Crippen molar-refractivity contribution in [3.63, 3.8) is 0 Å². The van der Waals surface area contributed by atoms with Crippen LogP contribution in [0.2, 0.25) is 0 Å². The van der Waals surface area contributed by atoms with E-state index >= 15 is 0 Å². The Morgan fingerprint density at radius 3 is 2.64 bits per heavy atom. The van der Waals surface area contributed by atoms with Crippen molar-refractivity contribution in [1.82, 2.24) is 0 Å². The van der Waals surface area contributed by atoms with Gasteiger partial charge in [0, 0.05) is 5.92 Å². The highest BCUT2D eigenvalue weighted by Gasteiger charge is 2.14. The molecule has 11 heavy (non-hydrogen) atoms. The van der Waals surface area contributed by atoms with E-state index in [-0.39, 0.29) is 11.7 Å². The van der Waals surface area contributed by atoms with Gasteiger partial charge >= 0.3 is 0 Å². The van der Waals surface area contributed by atoms with Crippen molar-refractivity contribution in [3.05, 3.63) is 23.6 Å². The fourth-order valence-electron chi connectivity index (χ4n) is 1.19. The van der Waals surface area contributed by atoms with Gasteiger partial charge < -0.3 is 0 Å². The molecule has 1 aliphatic rings. The quantitative estimate of drug-likeness (QED) is 0.542. The summed E-state index contributed by atoms with van der Waals surface area (Å²) in [6, 6.07) is 0. The average Bonchev–Trinajstić information content (AvgIpc) is 1.94. The summed E-state index contributed by atoms with van der Waals surface area (Å²) in [6.45, 7) is 6.09. The largest absolute Gasteiger partial charge is 0.212 e. The molecule has 0 saturated carbocycles. The first-order valence-corrected chi connectivity index (χ1v) is 4.18. The van der Waals surface area contributed by atoms with Crippen LogP contribution in [0.5, 0.6) is 0 Å². The summed E-state index contributed by atoms with van der Waals surface area (Å²) >= 11 is 0. The van der Waals surface area contributed by atoms with Crippen molar-refractivity contribution in [3.8, 4) is 0 Å². The molecule has 1 atom stereocenters. The minimum absolute atomic E-state index is 0.0381. The molecular formula is C10H15F. The van der Waals surface area contributed by atoms with E-state index in [0.29, 0.717) is 5.92 Å². The third-order valence-electron chi connectivity index (χ3n) is 2.15. The molecule has 1 aliphatic carbocycles. The van der Waals surface area contributed by atoms with Gasteiger partial charge in [-0.1, -0.05) is 26.8 Å². The van der Waals surface area contributed by atoms with E-state index in [4.69, 9.17) is 0 Å². The molecule has 0 aromatic heterocycles. The van der Waals surface area contributed by atoms with Gasteiger partial charge in [-0.3, -0.25) is 0 Å². The van der Waals surface area contributed by atoms with Crippen LogP contribution in [-0.4, -0.2) is 0 Å². The second kappa shape index (κ2) is 3.21. The summed E-state index contributed by atoms with van der Waals surface area (Å²) in [5.41, 5.74) is 1.14. The molecule has 0 radical (unpaired) electrons. The van der Waals surface area contributed by atoms with Crippen LogP contribution in [0.15, 0.2) is 23.6 Å². The normalized spacial score (nSPS) is 25.0. The third-order valence-corrected chi connectivity index (χ3v) is 2.15. The SMILES string of the molecule is CC(C)C1=CCC(C)C(F)=C1. The lowest BCUT2D eigenvalue weighted by atomic mass is 9.92. The van der Waals surface area contributed by atoms with Gasteiger partial charge in [0.2, 0.25) is 0 Å². The standard InChI is InChI=1S/C10H15F/c1-7(2)9-5-4-8(3)10(11)6-9/h5-8H,4H2,1-3H3. The molecule has 0 N–H and O–H groups in total. The molecule has 62 valence electrons. The van der Waals surface area contributed by atoms with E-state index in [0.717, 1.165) is 12.0 Å². The van der Waals surface area contributed by atoms with E-state index in [2.05, 4.69) is 19.9 Å². The van der Waals surface area contributed by atoms with Crippen LogP contribution in [0.25, 0.3) is 0 Å². The Balaban J connectivity index is 2.74. The molecule has 0 aliphatic heterocycles. The Kier molecular flexibility index (Phi) is 2.48. The van der Waals surface area contributed by atoms with Gasteiger partial charge in [0.05, 0.1) is 0 Å². The second-order valence-electron chi connectivity index (χ2n) is 3.52. The Morgan fingerprint density at radius 1 is 1.55 bits per heavy atom. The highest BCUT2D eigenvalue weighted by atomic mass is 19.1. The van der Waals surface area contributed by atoms with Gasteiger partial charge in [0.25, 0.3) is 0 Å². The first kappa shape index (κ1) is 8.51. The van der Waals surface area contributed by atoms with E-state index < -0.39 is 0 Å². The molecule has 0 aromatic carbocycles. The van der Waals surface area contributed by atoms with Crippen LogP contribution in [0.4, 0.5) is 4.39 Å². The minimum Gasteiger partial charge on any atom is -0.212 e. The molecule has 0 heterocycles. The van der Waals surface area contributed by atoms with Crippen molar-refractivity contribution in [2.24, 2.45) is 11.8 Å². The smallest absolute Gasteiger partial charge is 0.103 e. The molecule has 0 spiro atoms. The van der Waals surface area contributed by atoms with E-state index in [1.165, 1.54) is 0 Å². The first-order valence-electron chi connectivity index (χ1n) is 4.18. The Morgan fingerprint density at radius 2 is 2.18 bits per heavy atom. The van der Waals surface area contributed by atoms with Gasteiger partial charge in [0.15, 0.2) is 0 Å². The summed E-state index contributed by atoms with van der Waals surface area (Å²) in [4.78, 5) is 0. The third kappa shape index (κ3) is 1.92. The molecular weight excluding hydrogens is 139 g/mol. The van der Waals surface area contributed by atoms with Crippen molar-refractivity contribution >= 4 is 0 Å². The number of halogens is 1. The predicted octanol–water partition coefficient (Wildman–Crippen LogP) is 3.46. The molecule has 1 heteroatoms.